The molecule has 0 aliphatic rings. The molecule has 1 atom stereocenters. The first-order chi connectivity index (χ1) is 7.93. The lowest BCUT2D eigenvalue weighted by atomic mass is 10.4. The highest BCUT2D eigenvalue weighted by molar-refractivity contribution is 5.76. The van der Waals surface area contributed by atoms with Crippen LogP contribution in [0.2, 0.25) is 0 Å². The highest BCUT2D eigenvalue weighted by Gasteiger charge is 2.13. The summed E-state index contributed by atoms with van der Waals surface area (Å²) in [5.74, 6) is -2.03. The molecule has 0 aromatic rings. The van der Waals surface area contributed by atoms with Gasteiger partial charge in [-0.25, -0.2) is 9.59 Å². The zero-order valence-corrected chi connectivity index (χ0v) is 9.01. The highest BCUT2D eigenvalue weighted by atomic mass is 16.5. The fourth-order valence-corrected chi connectivity index (χ4v) is 0.749. The average Bonchev–Trinajstić information content (AvgIpc) is 2.24. The van der Waals surface area contributed by atoms with Crippen molar-refractivity contribution in [3.63, 3.8) is 0 Å². The number of amides is 3. The Morgan fingerprint density at radius 2 is 1.94 bits per heavy atom. The van der Waals surface area contributed by atoms with Gasteiger partial charge in [0.25, 0.3) is 0 Å². The van der Waals surface area contributed by atoms with E-state index in [0.717, 1.165) is 0 Å². The van der Waals surface area contributed by atoms with Gasteiger partial charge in [-0.05, 0) is 0 Å². The van der Waals surface area contributed by atoms with Gasteiger partial charge in [-0.1, -0.05) is 0 Å². The van der Waals surface area contributed by atoms with Crippen LogP contribution in [0.15, 0.2) is 0 Å². The molecule has 0 spiro atoms. The van der Waals surface area contributed by atoms with Crippen molar-refractivity contribution in [3.8, 4) is 0 Å². The molecule has 17 heavy (non-hydrogen) atoms. The van der Waals surface area contributed by atoms with Crippen LogP contribution in [0.5, 0.6) is 0 Å². The van der Waals surface area contributed by atoms with Gasteiger partial charge in [0.2, 0.25) is 5.91 Å². The van der Waals surface area contributed by atoms with Crippen molar-refractivity contribution in [3.05, 3.63) is 0 Å². The number of hydrogen-bond donors (Lipinski definition) is 5. The molecule has 0 unspecified atom stereocenters. The summed E-state index contributed by atoms with van der Waals surface area (Å²) in [4.78, 5) is 31.4. The quantitative estimate of drug-likeness (QED) is 0.294. The van der Waals surface area contributed by atoms with Crippen LogP contribution < -0.4 is 16.4 Å². The van der Waals surface area contributed by atoms with E-state index in [1.807, 2.05) is 0 Å². The van der Waals surface area contributed by atoms with Crippen molar-refractivity contribution in [2.75, 3.05) is 26.3 Å². The van der Waals surface area contributed by atoms with E-state index in [-0.39, 0.29) is 19.8 Å². The SMILES string of the molecule is NC(=O)COCCNC(=O)NC[C@H](O)C(=O)O. The number of nitrogens with one attached hydrogen (secondary N) is 2. The van der Waals surface area contributed by atoms with Gasteiger partial charge in [0.1, 0.15) is 6.61 Å². The van der Waals surface area contributed by atoms with Gasteiger partial charge in [-0.2, -0.15) is 0 Å². The molecule has 0 heterocycles. The van der Waals surface area contributed by atoms with Gasteiger partial charge >= 0.3 is 12.0 Å². The molecule has 0 aromatic carbocycles. The average molecular weight is 249 g/mol. The molecule has 9 nitrogen and oxygen atoms in total. The topological polar surface area (TPSA) is 151 Å². The Bertz CT molecular complexity index is 282. The molecule has 3 amide bonds. The number of aliphatic carboxylic acids is 1. The molecule has 0 aromatic heterocycles. The summed E-state index contributed by atoms with van der Waals surface area (Å²) >= 11 is 0. The second kappa shape index (κ2) is 8.30. The van der Waals surface area contributed by atoms with Crippen molar-refractivity contribution in [2.45, 2.75) is 6.10 Å². The molecule has 0 radical (unpaired) electrons. The second-order valence-electron chi connectivity index (χ2n) is 3.01. The first kappa shape index (κ1) is 15.1. The van der Waals surface area contributed by atoms with Gasteiger partial charge < -0.3 is 31.3 Å². The van der Waals surface area contributed by atoms with Crippen LogP contribution in [0.4, 0.5) is 4.79 Å². The van der Waals surface area contributed by atoms with E-state index in [1.54, 1.807) is 0 Å². The summed E-state index contributed by atoms with van der Waals surface area (Å²) in [5.41, 5.74) is 4.80. The van der Waals surface area contributed by atoms with Gasteiger partial charge in [0, 0.05) is 6.54 Å². The number of carboxylic acid groups (broad SMARTS) is 1. The maximum Gasteiger partial charge on any atom is 0.334 e. The minimum atomic E-state index is -1.65. The number of aliphatic hydroxyl groups is 1. The third-order valence-corrected chi connectivity index (χ3v) is 1.52. The van der Waals surface area contributed by atoms with Crippen molar-refractivity contribution in [1.82, 2.24) is 10.6 Å². The Labute approximate surface area is 96.9 Å². The van der Waals surface area contributed by atoms with Crippen LogP contribution in [0.1, 0.15) is 0 Å². The number of carbonyl (C=O) groups is 3. The molecule has 0 bridgehead atoms. The number of carboxylic acids is 1. The lowest BCUT2D eigenvalue weighted by Crippen LogP contribution is -2.43. The van der Waals surface area contributed by atoms with Crippen LogP contribution in [-0.4, -0.2) is 60.5 Å². The van der Waals surface area contributed by atoms with E-state index in [0.29, 0.717) is 0 Å². The number of nitrogens with two attached hydrogens (primary N) is 1. The minimum absolute atomic E-state index is 0.0951. The van der Waals surface area contributed by atoms with Crippen LogP contribution >= 0.6 is 0 Å². The van der Waals surface area contributed by atoms with Crippen LogP contribution in [0.3, 0.4) is 0 Å². The highest BCUT2D eigenvalue weighted by Crippen LogP contribution is 1.79. The van der Waals surface area contributed by atoms with E-state index in [4.69, 9.17) is 20.7 Å². The molecular formula is C8H15N3O6. The molecule has 0 rings (SSSR count). The van der Waals surface area contributed by atoms with Crippen LogP contribution in [0, 0.1) is 0 Å². The maximum atomic E-state index is 11.0. The second-order valence-corrected chi connectivity index (χ2v) is 3.01. The molecule has 0 saturated heterocycles. The Hall–Kier alpha value is -1.87. The molecule has 0 saturated carbocycles. The predicted octanol–water partition coefficient (Wildman–Crippen LogP) is -2.77. The van der Waals surface area contributed by atoms with Gasteiger partial charge in [0.05, 0.1) is 13.2 Å². The Kier molecular flexibility index (Phi) is 7.39. The summed E-state index contributed by atoms with van der Waals surface area (Å²) in [6, 6.07) is -0.645. The fourth-order valence-electron chi connectivity index (χ4n) is 0.749. The van der Waals surface area contributed by atoms with Crippen LogP contribution in [0.25, 0.3) is 0 Å². The van der Waals surface area contributed by atoms with Crippen molar-refractivity contribution < 1.29 is 29.3 Å². The number of ether oxygens (including phenoxy) is 1. The lowest BCUT2D eigenvalue weighted by Gasteiger charge is -2.09. The number of urea groups is 1. The third-order valence-electron chi connectivity index (χ3n) is 1.52. The zero-order chi connectivity index (χ0) is 13.3. The molecule has 0 aliphatic heterocycles. The van der Waals surface area contributed by atoms with Crippen molar-refractivity contribution in [1.29, 1.82) is 0 Å². The third kappa shape index (κ3) is 9.08. The first-order valence-corrected chi connectivity index (χ1v) is 4.72. The monoisotopic (exact) mass is 249 g/mol. The number of primary amides is 1. The van der Waals surface area contributed by atoms with E-state index in [2.05, 4.69) is 10.6 Å². The summed E-state index contributed by atoms with van der Waals surface area (Å²) in [7, 11) is 0. The Morgan fingerprint density at radius 3 is 2.47 bits per heavy atom. The number of carbonyl (C=O) groups excluding carboxylic acids is 2. The molecule has 0 fully saturated rings. The summed E-state index contributed by atoms with van der Waals surface area (Å²) < 4.78 is 4.75. The number of rotatable bonds is 8. The summed E-state index contributed by atoms with van der Waals surface area (Å²) in [5, 5.41) is 21.6. The fraction of sp³-hybridized carbons (Fsp3) is 0.625. The predicted molar refractivity (Wildman–Crippen MR) is 55.1 cm³/mol. The molecule has 98 valence electrons. The number of hydrogen-bond acceptors (Lipinski definition) is 5. The van der Waals surface area contributed by atoms with E-state index >= 15 is 0 Å². The largest absolute Gasteiger partial charge is 0.479 e. The number of aliphatic hydroxyl groups excluding tert-OH is 1. The van der Waals surface area contributed by atoms with Gasteiger partial charge in [-0.3, -0.25) is 4.79 Å². The maximum absolute atomic E-state index is 11.0. The molecule has 6 N–H and O–H groups in total. The Balaban J connectivity index is 3.47. The summed E-state index contributed by atoms with van der Waals surface area (Å²) in [6.07, 6.45) is -1.65. The lowest BCUT2D eigenvalue weighted by molar-refractivity contribution is -0.146. The van der Waals surface area contributed by atoms with Crippen LogP contribution in [-0.2, 0) is 14.3 Å². The van der Waals surface area contributed by atoms with Gasteiger partial charge in [0.15, 0.2) is 6.10 Å². The molecule has 9 heteroatoms. The van der Waals surface area contributed by atoms with E-state index in [9.17, 15) is 14.4 Å². The first-order valence-electron chi connectivity index (χ1n) is 4.72. The van der Waals surface area contributed by atoms with Crippen molar-refractivity contribution >= 4 is 17.9 Å². The normalized spacial score (nSPS) is 11.6. The van der Waals surface area contributed by atoms with Gasteiger partial charge in [-0.15, -0.1) is 0 Å². The molecule has 0 aliphatic carbocycles. The molecular weight excluding hydrogens is 234 g/mol. The minimum Gasteiger partial charge on any atom is -0.479 e. The van der Waals surface area contributed by atoms with E-state index < -0.39 is 30.6 Å². The Morgan fingerprint density at radius 1 is 1.29 bits per heavy atom. The van der Waals surface area contributed by atoms with Crippen molar-refractivity contribution in [2.24, 2.45) is 5.73 Å². The smallest absolute Gasteiger partial charge is 0.334 e. The van der Waals surface area contributed by atoms with E-state index in [1.165, 1.54) is 0 Å². The standard InChI is InChI=1S/C8H15N3O6/c9-6(13)4-17-2-1-10-8(16)11-3-5(12)7(14)15/h5,12H,1-4H2,(H2,9,13)(H,14,15)(H2,10,11,16)/t5-/m0/s1. The zero-order valence-electron chi connectivity index (χ0n) is 9.01. The summed E-state index contributed by atoms with van der Waals surface area (Å²) in [6.45, 7) is -0.412.